The minimum Gasteiger partial charge on any atom is -0.478 e. The lowest BCUT2D eigenvalue weighted by Gasteiger charge is -2.39. The molecule has 1 aliphatic heterocycles. The van der Waals surface area contributed by atoms with E-state index in [2.05, 4.69) is 41.1 Å². The summed E-state index contributed by atoms with van der Waals surface area (Å²) in [5.74, 6) is 0.733. The molecule has 2 aromatic heterocycles. The second-order valence-electron chi connectivity index (χ2n) is 10.6. The largest absolute Gasteiger partial charge is 0.478 e. The number of rotatable bonds is 6. The summed E-state index contributed by atoms with van der Waals surface area (Å²) in [5.41, 5.74) is 3.50. The van der Waals surface area contributed by atoms with Crippen molar-refractivity contribution in [2.24, 2.45) is 0 Å². The smallest absolute Gasteiger partial charge is 0.237 e. The Morgan fingerprint density at radius 2 is 1.80 bits per heavy atom. The molecule has 0 bridgehead atoms. The molecule has 3 heterocycles. The average molecular weight is 475 g/mol. The molecule has 1 saturated carbocycles. The average Bonchev–Trinajstić information content (AvgIpc) is 3.06. The van der Waals surface area contributed by atoms with Crippen LogP contribution in [0.3, 0.4) is 0 Å². The second kappa shape index (κ2) is 8.88. The SMILES string of the molecule is CN(C)CCCOc1ccc(-c2ccc3ncc4c(c3c2)C2(CCC(C)(O)CC2)C(=O)N4C)cn1. The van der Waals surface area contributed by atoms with Gasteiger partial charge in [0.05, 0.1) is 35.0 Å². The molecule has 35 heavy (non-hydrogen) atoms. The van der Waals surface area contributed by atoms with E-state index in [0.29, 0.717) is 38.2 Å². The number of fused-ring (bicyclic) bond motifs is 4. The van der Waals surface area contributed by atoms with Crippen molar-refractivity contribution in [2.75, 3.05) is 39.2 Å². The van der Waals surface area contributed by atoms with Crippen molar-refractivity contribution in [3.63, 3.8) is 0 Å². The lowest BCUT2D eigenvalue weighted by atomic mass is 9.65. The maximum Gasteiger partial charge on any atom is 0.237 e. The number of likely N-dealkylation sites (N-methyl/N-ethyl adjacent to an activating group) is 1. The molecule has 184 valence electrons. The van der Waals surface area contributed by atoms with Crippen molar-refractivity contribution >= 4 is 22.5 Å². The summed E-state index contributed by atoms with van der Waals surface area (Å²) in [7, 11) is 5.94. The predicted octanol–water partition coefficient (Wildman–Crippen LogP) is 4.17. The highest BCUT2D eigenvalue weighted by atomic mass is 16.5. The van der Waals surface area contributed by atoms with E-state index in [1.54, 1.807) is 4.90 Å². The molecule has 0 atom stereocenters. The van der Waals surface area contributed by atoms with Gasteiger partial charge in [0, 0.05) is 42.4 Å². The van der Waals surface area contributed by atoms with E-state index in [-0.39, 0.29) is 5.91 Å². The number of anilines is 1. The van der Waals surface area contributed by atoms with Gasteiger partial charge in [0.25, 0.3) is 0 Å². The zero-order valence-electron chi connectivity index (χ0n) is 21.0. The highest BCUT2D eigenvalue weighted by molar-refractivity contribution is 6.12. The van der Waals surface area contributed by atoms with Crippen molar-refractivity contribution in [3.8, 4) is 17.0 Å². The first-order valence-corrected chi connectivity index (χ1v) is 12.4. The van der Waals surface area contributed by atoms with Crippen LogP contribution in [-0.2, 0) is 10.2 Å². The van der Waals surface area contributed by atoms with Crippen molar-refractivity contribution in [2.45, 2.75) is 50.0 Å². The van der Waals surface area contributed by atoms with Gasteiger partial charge in [0.2, 0.25) is 11.8 Å². The zero-order chi connectivity index (χ0) is 24.8. The number of nitrogens with zero attached hydrogens (tertiary/aromatic N) is 4. The molecule has 5 rings (SSSR count). The Kier molecular flexibility index (Phi) is 6.01. The van der Waals surface area contributed by atoms with Crippen molar-refractivity contribution in [3.05, 3.63) is 48.3 Å². The fourth-order valence-electron chi connectivity index (χ4n) is 5.53. The van der Waals surface area contributed by atoms with E-state index in [0.717, 1.165) is 46.2 Å². The molecule has 1 N–H and O–H groups in total. The van der Waals surface area contributed by atoms with Gasteiger partial charge in [-0.15, -0.1) is 0 Å². The third-order valence-corrected chi connectivity index (χ3v) is 7.65. The first kappa shape index (κ1) is 23.7. The van der Waals surface area contributed by atoms with Crippen LogP contribution in [0.1, 0.15) is 44.6 Å². The number of aliphatic hydroxyl groups is 1. The first-order valence-electron chi connectivity index (χ1n) is 12.4. The molecule has 1 fully saturated rings. The second-order valence-corrected chi connectivity index (χ2v) is 10.6. The Morgan fingerprint density at radius 3 is 2.49 bits per heavy atom. The van der Waals surface area contributed by atoms with Gasteiger partial charge in [-0.05, 0) is 76.9 Å². The summed E-state index contributed by atoms with van der Waals surface area (Å²) in [4.78, 5) is 26.6. The van der Waals surface area contributed by atoms with Gasteiger partial charge in [-0.2, -0.15) is 0 Å². The van der Waals surface area contributed by atoms with Crippen LogP contribution < -0.4 is 9.64 Å². The van der Waals surface area contributed by atoms with E-state index < -0.39 is 11.0 Å². The minimum absolute atomic E-state index is 0.111. The third-order valence-electron chi connectivity index (χ3n) is 7.65. The van der Waals surface area contributed by atoms with Crippen LogP contribution in [0.25, 0.3) is 22.0 Å². The summed E-state index contributed by atoms with van der Waals surface area (Å²) in [6, 6.07) is 10.1. The summed E-state index contributed by atoms with van der Waals surface area (Å²) in [5, 5.41) is 11.6. The van der Waals surface area contributed by atoms with Crippen LogP contribution in [0.4, 0.5) is 5.69 Å². The van der Waals surface area contributed by atoms with E-state index in [9.17, 15) is 9.90 Å². The molecule has 7 nitrogen and oxygen atoms in total. The van der Waals surface area contributed by atoms with Gasteiger partial charge in [0.1, 0.15) is 0 Å². The van der Waals surface area contributed by atoms with E-state index in [1.165, 1.54) is 0 Å². The number of hydrogen-bond acceptors (Lipinski definition) is 6. The van der Waals surface area contributed by atoms with Crippen LogP contribution in [0, 0.1) is 0 Å². The topological polar surface area (TPSA) is 78.8 Å². The molecule has 2 aliphatic rings. The highest BCUT2D eigenvalue weighted by Gasteiger charge is 2.53. The van der Waals surface area contributed by atoms with Crippen molar-refractivity contribution in [1.82, 2.24) is 14.9 Å². The Hall–Kier alpha value is -3.03. The standard InChI is InChI=1S/C28H34N4O3/c1-27(34)10-12-28(13-11-27)25-21-16-19(6-8-22(21)29-18-23(25)32(4)26(28)33)20-7-9-24(30-17-20)35-15-5-14-31(2)3/h6-9,16-18,34H,5,10-15H2,1-4H3. The monoisotopic (exact) mass is 474 g/mol. The normalized spacial score (nSPS) is 23.9. The Bertz CT molecular complexity index is 1240. The quantitative estimate of drug-likeness (QED) is 0.541. The lowest BCUT2D eigenvalue weighted by molar-refractivity contribution is -0.126. The number of pyridine rings is 2. The van der Waals surface area contributed by atoms with Gasteiger partial charge in [-0.25, -0.2) is 4.98 Å². The first-order chi connectivity index (χ1) is 16.7. The maximum absolute atomic E-state index is 13.5. The van der Waals surface area contributed by atoms with Crippen molar-refractivity contribution < 1.29 is 14.6 Å². The molecule has 1 aromatic carbocycles. The summed E-state index contributed by atoms with van der Waals surface area (Å²) < 4.78 is 5.78. The predicted molar refractivity (Wildman–Crippen MR) is 138 cm³/mol. The van der Waals surface area contributed by atoms with Crippen molar-refractivity contribution in [1.29, 1.82) is 0 Å². The Morgan fingerprint density at radius 1 is 1.06 bits per heavy atom. The summed E-state index contributed by atoms with van der Waals surface area (Å²) in [6.07, 6.45) is 7.10. The van der Waals surface area contributed by atoms with Crippen LogP contribution in [0.5, 0.6) is 5.88 Å². The molecule has 3 aromatic rings. The number of ether oxygens (including phenoxy) is 1. The summed E-state index contributed by atoms with van der Waals surface area (Å²) >= 11 is 0. The van der Waals surface area contributed by atoms with Gasteiger partial charge in [0.15, 0.2) is 0 Å². The molecular formula is C28H34N4O3. The molecule has 7 heteroatoms. The van der Waals surface area contributed by atoms with E-state index in [1.807, 2.05) is 44.6 Å². The zero-order valence-corrected chi connectivity index (χ0v) is 21.0. The Labute approximate surface area is 206 Å². The van der Waals surface area contributed by atoms with E-state index >= 15 is 0 Å². The number of benzene rings is 1. The maximum atomic E-state index is 13.5. The molecule has 1 spiro atoms. The van der Waals surface area contributed by atoms with Gasteiger partial charge in [-0.3, -0.25) is 9.78 Å². The molecule has 0 radical (unpaired) electrons. The van der Waals surface area contributed by atoms with Crippen LogP contribution in [0.15, 0.2) is 42.7 Å². The number of hydrogen-bond donors (Lipinski definition) is 1. The fraction of sp³-hybridized carbons (Fsp3) is 0.464. The molecule has 1 aliphatic carbocycles. The highest BCUT2D eigenvalue weighted by Crippen LogP contribution is 2.53. The van der Waals surface area contributed by atoms with Gasteiger partial charge >= 0.3 is 0 Å². The van der Waals surface area contributed by atoms with Gasteiger partial charge in [-0.1, -0.05) is 6.07 Å². The molecule has 1 amide bonds. The van der Waals surface area contributed by atoms with E-state index in [4.69, 9.17) is 4.74 Å². The fourth-order valence-corrected chi connectivity index (χ4v) is 5.53. The molecule has 0 saturated heterocycles. The number of carbonyl (C=O) groups excluding carboxylic acids is 1. The van der Waals surface area contributed by atoms with Crippen LogP contribution >= 0.6 is 0 Å². The minimum atomic E-state index is -0.719. The lowest BCUT2D eigenvalue weighted by Crippen LogP contribution is -2.45. The number of amides is 1. The number of carbonyl (C=O) groups is 1. The third kappa shape index (κ3) is 4.28. The number of aromatic nitrogens is 2. The molecular weight excluding hydrogens is 440 g/mol. The molecule has 0 unspecified atom stereocenters. The van der Waals surface area contributed by atoms with Gasteiger partial charge < -0.3 is 19.6 Å². The summed E-state index contributed by atoms with van der Waals surface area (Å²) in [6.45, 7) is 3.48. The van der Waals surface area contributed by atoms with Crippen LogP contribution in [0.2, 0.25) is 0 Å². The van der Waals surface area contributed by atoms with Crippen LogP contribution in [-0.4, -0.2) is 65.8 Å². The Balaban J connectivity index is 1.48.